The van der Waals surface area contributed by atoms with Crippen molar-refractivity contribution in [3.63, 3.8) is 0 Å². The van der Waals surface area contributed by atoms with Crippen molar-refractivity contribution in [2.75, 3.05) is 19.8 Å². The average Bonchev–Trinajstić information content (AvgIpc) is 2.28. The van der Waals surface area contributed by atoms with Gasteiger partial charge >= 0.3 is 5.97 Å². The standard InChI is InChI=1S/C12H22O4/c1-4-7-15-8-11(13)9-16-12(14)10(5-2)6-3/h4,10-11,13H,1,5-9H2,2-3H3. The quantitative estimate of drug-likeness (QED) is 0.371. The minimum Gasteiger partial charge on any atom is -0.463 e. The van der Waals surface area contributed by atoms with Crippen LogP contribution in [0, 0.1) is 5.92 Å². The van der Waals surface area contributed by atoms with Gasteiger partial charge in [-0.25, -0.2) is 0 Å². The van der Waals surface area contributed by atoms with Gasteiger partial charge in [-0.2, -0.15) is 0 Å². The Hall–Kier alpha value is -0.870. The van der Waals surface area contributed by atoms with Crippen molar-refractivity contribution >= 4 is 5.97 Å². The molecule has 0 aliphatic carbocycles. The molecule has 0 fully saturated rings. The van der Waals surface area contributed by atoms with Crippen molar-refractivity contribution in [3.8, 4) is 0 Å². The van der Waals surface area contributed by atoms with Crippen molar-refractivity contribution < 1.29 is 19.4 Å². The van der Waals surface area contributed by atoms with Gasteiger partial charge in [-0.1, -0.05) is 19.9 Å². The lowest BCUT2D eigenvalue weighted by molar-refractivity contribution is -0.152. The number of rotatable bonds is 9. The fourth-order valence-electron chi connectivity index (χ4n) is 1.25. The summed E-state index contributed by atoms with van der Waals surface area (Å²) in [5.41, 5.74) is 0. The van der Waals surface area contributed by atoms with Crippen LogP contribution in [-0.2, 0) is 14.3 Å². The van der Waals surface area contributed by atoms with Crippen LogP contribution in [-0.4, -0.2) is 37.0 Å². The Kier molecular flexibility index (Phi) is 8.85. The molecular formula is C12H22O4. The highest BCUT2D eigenvalue weighted by atomic mass is 16.5. The third-order valence-electron chi connectivity index (χ3n) is 2.28. The first-order valence-corrected chi connectivity index (χ1v) is 5.68. The van der Waals surface area contributed by atoms with E-state index in [1.165, 1.54) is 0 Å². The van der Waals surface area contributed by atoms with E-state index in [2.05, 4.69) is 6.58 Å². The molecule has 0 aliphatic rings. The van der Waals surface area contributed by atoms with Crippen LogP contribution in [0.15, 0.2) is 12.7 Å². The maximum absolute atomic E-state index is 11.4. The average molecular weight is 230 g/mol. The molecule has 1 N–H and O–H groups in total. The first-order valence-electron chi connectivity index (χ1n) is 5.68. The fraction of sp³-hybridized carbons (Fsp3) is 0.750. The summed E-state index contributed by atoms with van der Waals surface area (Å²) in [5.74, 6) is -0.311. The van der Waals surface area contributed by atoms with Crippen LogP contribution < -0.4 is 0 Å². The largest absolute Gasteiger partial charge is 0.463 e. The van der Waals surface area contributed by atoms with Gasteiger partial charge in [-0.05, 0) is 12.8 Å². The Morgan fingerprint density at radius 1 is 1.38 bits per heavy atom. The Balaban J connectivity index is 3.69. The molecule has 1 unspecified atom stereocenters. The van der Waals surface area contributed by atoms with Crippen LogP contribution in [0.25, 0.3) is 0 Å². The van der Waals surface area contributed by atoms with Gasteiger partial charge in [-0.15, -0.1) is 6.58 Å². The predicted molar refractivity (Wildman–Crippen MR) is 62.1 cm³/mol. The van der Waals surface area contributed by atoms with E-state index in [1.807, 2.05) is 13.8 Å². The number of esters is 1. The van der Waals surface area contributed by atoms with E-state index >= 15 is 0 Å². The molecular weight excluding hydrogens is 208 g/mol. The Labute approximate surface area is 97.2 Å². The third kappa shape index (κ3) is 6.58. The molecule has 0 aromatic rings. The number of aliphatic hydroxyl groups excluding tert-OH is 1. The fourth-order valence-corrected chi connectivity index (χ4v) is 1.25. The first-order chi connectivity index (χ1) is 7.65. The van der Waals surface area contributed by atoms with E-state index in [0.717, 1.165) is 12.8 Å². The summed E-state index contributed by atoms with van der Waals surface area (Å²) in [6.07, 6.45) is 2.36. The zero-order valence-corrected chi connectivity index (χ0v) is 10.1. The van der Waals surface area contributed by atoms with Crippen molar-refractivity contribution in [2.45, 2.75) is 32.8 Å². The van der Waals surface area contributed by atoms with Crippen LogP contribution >= 0.6 is 0 Å². The van der Waals surface area contributed by atoms with Gasteiger partial charge in [0.2, 0.25) is 0 Å². The minimum absolute atomic E-state index is 0.00746. The monoisotopic (exact) mass is 230 g/mol. The number of carbonyl (C=O) groups excluding carboxylic acids is 1. The first kappa shape index (κ1) is 15.1. The molecule has 0 amide bonds. The van der Waals surface area contributed by atoms with E-state index in [1.54, 1.807) is 6.08 Å². The van der Waals surface area contributed by atoms with E-state index in [0.29, 0.717) is 6.61 Å². The zero-order chi connectivity index (χ0) is 12.4. The van der Waals surface area contributed by atoms with Crippen LogP contribution in [0.1, 0.15) is 26.7 Å². The van der Waals surface area contributed by atoms with Crippen LogP contribution in [0.4, 0.5) is 0 Å². The smallest absolute Gasteiger partial charge is 0.308 e. The Bertz CT molecular complexity index is 199. The third-order valence-corrected chi connectivity index (χ3v) is 2.28. The van der Waals surface area contributed by atoms with Gasteiger partial charge < -0.3 is 14.6 Å². The second kappa shape index (κ2) is 9.36. The molecule has 0 aliphatic heterocycles. The van der Waals surface area contributed by atoms with Gasteiger partial charge in [0.15, 0.2) is 0 Å². The van der Waals surface area contributed by atoms with Gasteiger partial charge in [0.05, 0.1) is 19.1 Å². The zero-order valence-electron chi connectivity index (χ0n) is 10.1. The summed E-state index contributed by atoms with van der Waals surface area (Å²) in [5, 5.41) is 9.42. The van der Waals surface area contributed by atoms with Gasteiger partial charge in [0.25, 0.3) is 0 Å². The summed E-state index contributed by atoms with van der Waals surface area (Å²) < 4.78 is 10.0. The topological polar surface area (TPSA) is 55.8 Å². The van der Waals surface area contributed by atoms with Gasteiger partial charge in [0, 0.05) is 0 Å². The normalized spacial score (nSPS) is 12.5. The van der Waals surface area contributed by atoms with Crippen molar-refractivity contribution in [1.82, 2.24) is 0 Å². The number of hydrogen-bond donors (Lipinski definition) is 1. The predicted octanol–water partition coefficient (Wildman–Crippen LogP) is 1.53. The molecule has 0 bridgehead atoms. The van der Waals surface area contributed by atoms with Crippen LogP contribution in [0.5, 0.6) is 0 Å². The molecule has 0 aromatic carbocycles. The molecule has 0 saturated carbocycles. The molecule has 0 aromatic heterocycles. The summed E-state index contributed by atoms with van der Waals surface area (Å²) in [6, 6.07) is 0. The lowest BCUT2D eigenvalue weighted by Crippen LogP contribution is -2.26. The van der Waals surface area contributed by atoms with Crippen molar-refractivity contribution in [1.29, 1.82) is 0 Å². The Morgan fingerprint density at radius 3 is 2.50 bits per heavy atom. The molecule has 94 valence electrons. The van der Waals surface area contributed by atoms with Crippen molar-refractivity contribution in [2.24, 2.45) is 5.92 Å². The number of carbonyl (C=O) groups is 1. The van der Waals surface area contributed by atoms with E-state index < -0.39 is 6.10 Å². The molecule has 0 heterocycles. The van der Waals surface area contributed by atoms with Crippen LogP contribution in [0.3, 0.4) is 0 Å². The highest BCUT2D eigenvalue weighted by Gasteiger charge is 2.17. The lowest BCUT2D eigenvalue weighted by atomic mass is 10.0. The molecule has 16 heavy (non-hydrogen) atoms. The van der Waals surface area contributed by atoms with E-state index in [9.17, 15) is 9.90 Å². The lowest BCUT2D eigenvalue weighted by Gasteiger charge is -2.14. The molecule has 0 radical (unpaired) electrons. The second-order valence-electron chi connectivity index (χ2n) is 3.62. The maximum Gasteiger partial charge on any atom is 0.308 e. The minimum atomic E-state index is -0.765. The summed E-state index contributed by atoms with van der Waals surface area (Å²) in [4.78, 5) is 11.4. The summed E-state index contributed by atoms with van der Waals surface area (Å²) >= 11 is 0. The molecule has 4 heteroatoms. The molecule has 0 saturated heterocycles. The number of aliphatic hydroxyl groups is 1. The van der Waals surface area contributed by atoms with Crippen LogP contribution in [0.2, 0.25) is 0 Å². The highest BCUT2D eigenvalue weighted by Crippen LogP contribution is 2.09. The molecule has 0 rings (SSSR count). The summed E-state index contributed by atoms with van der Waals surface area (Å²) in [6.45, 7) is 7.91. The second-order valence-corrected chi connectivity index (χ2v) is 3.62. The Morgan fingerprint density at radius 2 is 2.00 bits per heavy atom. The maximum atomic E-state index is 11.4. The SMILES string of the molecule is C=CCOCC(O)COC(=O)C(CC)CC. The van der Waals surface area contributed by atoms with Crippen molar-refractivity contribution in [3.05, 3.63) is 12.7 Å². The molecule has 1 atom stereocenters. The number of ether oxygens (including phenoxy) is 2. The number of hydrogen-bond acceptors (Lipinski definition) is 4. The van der Waals surface area contributed by atoms with E-state index in [-0.39, 0.29) is 25.1 Å². The van der Waals surface area contributed by atoms with Gasteiger partial charge in [0.1, 0.15) is 12.7 Å². The van der Waals surface area contributed by atoms with E-state index in [4.69, 9.17) is 9.47 Å². The van der Waals surface area contributed by atoms with Gasteiger partial charge in [-0.3, -0.25) is 4.79 Å². The molecule has 0 spiro atoms. The molecule has 4 nitrogen and oxygen atoms in total. The summed E-state index contributed by atoms with van der Waals surface area (Å²) in [7, 11) is 0. The highest BCUT2D eigenvalue weighted by molar-refractivity contribution is 5.72.